The third-order valence-corrected chi connectivity index (χ3v) is 6.35. The zero-order valence-electron chi connectivity index (χ0n) is 12.3. The van der Waals surface area contributed by atoms with Crippen molar-refractivity contribution in [2.75, 3.05) is 32.0 Å². The van der Waals surface area contributed by atoms with Crippen LogP contribution in [0.4, 0.5) is 0 Å². The van der Waals surface area contributed by atoms with Crippen LogP contribution >= 0.6 is 23.2 Å². The Hall–Kier alpha value is 0.240. The molecule has 2 nitrogen and oxygen atoms in total. The fraction of sp³-hybridized carbons (Fsp3) is 0.875. The molecule has 0 amide bonds. The van der Waals surface area contributed by atoms with Crippen molar-refractivity contribution in [1.29, 1.82) is 0 Å². The minimum atomic E-state index is 0.219. The summed E-state index contributed by atoms with van der Waals surface area (Å²) in [5.74, 6) is 2.16. The number of hydrogen-bond donors (Lipinski definition) is 0. The van der Waals surface area contributed by atoms with Crippen LogP contribution in [0.15, 0.2) is 11.1 Å². The molecule has 1 aliphatic carbocycles. The first-order valence-corrected chi connectivity index (χ1v) is 8.94. The van der Waals surface area contributed by atoms with Crippen molar-refractivity contribution >= 4 is 23.2 Å². The average molecular weight is 318 g/mol. The lowest BCUT2D eigenvalue weighted by Gasteiger charge is -2.52. The number of methoxy groups -OCH3 is 1. The van der Waals surface area contributed by atoms with Crippen molar-refractivity contribution in [3.63, 3.8) is 0 Å². The largest absolute Gasteiger partial charge is 0.381 e. The predicted molar refractivity (Wildman–Crippen MR) is 84.8 cm³/mol. The maximum Gasteiger partial charge on any atom is 0.0592 e. The molecule has 3 rings (SSSR count). The summed E-state index contributed by atoms with van der Waals surface area (Å²) in [5.41, 5.74) is 3.25. The number of halogens is 2. The van der Waals surface area contributed by atoms with E-state index in [1.54, 1.807) is 5.57 Å². The van der Waals surface area contributed by atoms with Crippen LogP contribution in [0.1, 0.15) is 38.5 Å². The van der Waals surface area contributed by atoms with Crippen LogP contribution in [0.25, 0.3) is 0 Å². The molecular formula is C16H25Cl2NO. The summed E-state index contributed by atoms with van der Waals surface area (Å²) < 4.78 is 5.72. The Kier molecular flexibility index (Phi) is 4.66. The normalized spacial score (nSPS) is 38.0. The molecule has 0 radical (unpaired) electrons. The maximum atomic E-state index is 6.25. The molecule has 1 saturated heterocycles. The van der Waals surface area contributed by atoms with Crippen LogP contribution in [0.3, 0.4) is 0 Å². The van der Waals surface area contributed by atoms with Crippen molar-refractivity contribution < 1.29 is 4.74 Å². The summed E-state index contributed by atoms with van der Waals surface area (Å²) >= 11 is 12.4. The molecule has 1 saturated carbocycles. The molecule has 2 aliphatic heterocycles. The van der Waals surface area contributed by atoms with Gasteiger partial charge in [0.2, 0.25) is 0 Å². The third kappa shape index (κ3) is 2.24. The Morgan fingerprint density at radius 2 is 2.10 bits per heavy atom. The summed E-state index contributed by atoms with van der Waals surface area (Å²) in [5, 5.41) is 0. The molecule has 1 spiro atoms. The first kappa shape index (κ1) is 15.1. The molecule has 114 valence electrons. The van der Waals surface area contributed by atoms with Gasteiger partial charge >= 0.3 is 0 Å². The van der Waals surface area contributed by atoms with Gasteiger partial charge in [0.05, 0.1) is 6.10 Å². The van der Waals surface area contributed by atoms with Gasteiger partial charge in [0.1, 0.15) is 0 Å². The van der Waals surface area contributed by atoms with Gasteiger partial charge < -0.3 is 4.74 Å². The molecule has 0 aromatic carbocycles. The molecule has 3 atom stereocenters. The van der Waals surface area contributed by atoms with Crippen molar-refractivity contribution in [3.05, 3.63) is 11.1 Å². The predicted octanol–water partition coefficient (Wildman–Crippen LogP) is 3.81. The Bertz CT molecular complexity index is 398. The van der Waals surface area contributed by atoms with Crippen molar-refractivity contribution in [2.45, 2.75) is 50.2 Å². The Labute approximate surface area is 132 Å². The van der Waals surface area contributed by atoms with E-state index < -0.39 is 0 Å². The highest BCUT2D eigenvalue weighted by Crippen LogP contribution is 2.53. The minimum Gasteiger partial charge on any atom is -0.381 e. The monoisotopic (exact) mass is 317 g/mol. The first-order chi connectivity index (χ1) is 9.76. The molecule has 0 unspecified atom stereocenters. The fourth-order valence-electron chi connectivity index (χ4n) is 4.96. The number of rotatable bonds is 4. The Morgan fingerprint density at radius 3 is 2.80 bits per heavy atom. The van der Waals surface area contributed by atoms with Crippen molar-refractivity contribution in [3.8, 4) is 0 Å². The molecule has 20 heavy (non-hydrogen) atoms. The number of hydrogen-bond acceptors (Lipinski definition) is 2. The van der Waals surface area contributed by atoms with Gasteiger partial charge in [-0.15, -0.1) is 23.2 Å². The summed E-state index contributed by atoms with van der Waals surface area (Å²) in [7, 11) is 1.86. The summed E-state index contributed by atoms with van der Waals surface area (Å²) in [6, 6.07) is 0. The lowest BCUT2D eigenvalue weighted by molar-refractivity contribution is -0.0135. The molecule has 3 aliphatic rings. The van der Waals surface area contributed by atoms with Gasteiger partial charge in [-0.1, -0.05) is 5.57 Å². The van der Waals surface area contributed by atoms with Crippen molar-refractivity contribution in [2.24, 2.45) is 5.92 Å². The molecular weight excluding hydrogens is 293 g/mol. The standard InChI is InChI=1S/C16H25Cl2NO/c1-20-14-3-2-13-6-9-19-8-5-12(11-18)15(4-7-17)16(13,19)10-14/h13-14H,2-11H2,1H3/t13-,14-,16+/m0/s1. The van der Waals surface area contributed by atoms with Crippen LogP contribution in [-0.2, 0) is 4.74 Å². The van der Waals surface area contributed by atoms with E-state index in [0.717, 1.165) is 25.2 Å². The van der Waals surface area contributed by atoms with E-state index in [1.807, 2.05) is 7.11 Å². The highest BCUT2D eigenvalue weighted by Gasteiger charge is 2.55. The summed E-state index contributed by atoms with van der Waals surface area (Å²) in [6.07, 6.45) is 7.48. The van der Waals surface area contributed by atoms with E-state index in [1.165, 1.54) is 37.9 Å². The molecule has 0 N–H and O–H groups in total. The quantitative estimate of drug-likeness (QED) is 0.577. The van der Waals surface area contributed by atoms with E-state index in [0.29, 0.717) is 17.9 Å². The zero-order valence-corrected chi connectivity index (χ0v) is 13.8. The van der Waals surface area contributed by atoms with Crippen LogP contribution in [-0.4, -0.2) is 48.5 Å². The van der Waals surface area contributed by atoms with Gasteiger partial charge in [-0.25, -0.2) is 0 Å². The van der Waals surface area contributed by atoms with E-state index in [-0.39, 0.29) is 5.54 Å². The lowest BCUT2D eigenvalue weighted by atomic mass is 9.65. The van der Waals surface area contributed by atoms with Crippen LogP contribution in [0.5, 0.6) is 0 Å². The highest BCUT2D eigenvalue weighted by atomic mass is 35.5. The maximum absolute atomic E-state index is 6.25. The van der Waals surface area contributed by atoms with Crippen molar-refractivity contribution in [1.82, 2.24) is 4.90 Å². The van der Waals surface area contributed by atoms with Gasteiger partial charge in [-0.3, -0.25) is 4.90 Å². The van der Waals surface area contributed by atoms with Gasteiger partial charge in [0.15, 0.2) is 0 Å². The zero-order chi connectivity index (χ0) is 14.2. The number of nitrogens with zero attached hydrogens (tertiary/aromatic N) is 1. The summed E-state index contributed by atoms with van der Waals surface area (Å²) in [4.78, 5) is 2.72. The molecule has 0 bridgehead atoms. The smallest absolute Gasteiger partial charge is 0.0592 e. The molecule has 0 aromatic heterocycles. The van der Waals surface area contributed by atoms with Crippen LogP contribution < -0.4 is 0 Å². The highest BCUT2D eigenvalue weighted by molar-refractivity contribution is 6.19. The number of ether oxygens (including phenoxy) is 1. The lowest BCUT2D eigenvalue weighted by Crippen LogP contribution is -2.57. The van der Waals surface area contributed by atoms with Gasteiger partial charge in [0.25, 0.3) is 0 Å². The average Bonchev–Trinajstić information content (AvgIpc) is 2.86. The van der Waals surface area contributed by atoms with Gasteiger partial charge in [0, 0.05) is 31.0 Å². The van der Waals surface area contributed by atoms with Gasteiger partial charge in [-0.2, -0.15) is 0 Å². The third-order valence-electron chi connectivity index (χ3n) is 5.84. The molecule has 2 heterocycles. The second-order valence-electron chi connectivity index (χ2n) is 6.44. The van der Waals surface area contributed by atoms with Gasteiger partial charge in [-0.05, 0) is 56.6 Å². The second kappa shape index (κ2) is 6.16. The molecule has 0 aromatic rings. The summed E-state index contributed by atoms with van der Waals surface area (Å²) in [6.45, 7) is 2.41. The Balaban J connectivity index is 2.02. The van der Waals surface area contributed by atoms with E-state index >= 15 is 0 Å². The molecule has 2 fully saturated rings. The van der Waals surface area contributed by atoms with E-state index in [2.05, 4.69) is 4.90 Å². The number of alkyl halides is 2. The SMILES string of the molecule is CO[C@H]1CC[C@H]2CCN3CCC(CCl)=C(CCCl)[C@@]23C1. The topological polar surface area (TPSA) is 12.5 Å². The van der Waals surface area contributed by atoms with E-state index in [9.17, 15) is 0 Å². The van der Waals surface area contributed by atoms with Crippen LogP contribution in [0, 0.1) is 5.92 Å². The fourth-order valence-corrected chi connectivity index (χ4v) is 5.44. The Morgan fingerprint density at radius 1 is 1.25 bits per heavy atom. The van der Waals surface area contributed by atoms with E-state index in [4.69, 9.17) is 27.9 Å². The minimum absolute atomic E-state index is 0.219. The second-order valence-corrected chi connectivity index (χ2v) is 7.09. The first-order valence-electron chi connectivity index (χ1n) is 7.87. The van der Waals surface area contributed by atoms with Crippen LogP contribution in [0.2, 0.25) is 0 Å². The molecule has 4 heteroatoms.